The van der Waals surface area contributed by atoms with E-state index in [1.54, 1.807) is 24.2 Å². The first-order valence-corrected chi connectivity index (χ1v) is 8.06. The van der Waals surface area contributed by atoms with Crippen molar-refractivity contribution in [3.63, 3.8) is 0 Å². The predicted octanol–water partition coefficient (Wildman–Crippen LogP) is 1.62. The number of amides is 1. The Morgan fingerprint density at radius 3 is 2.40 bits per heavy atom. The number of rotatable bonds is 3. The van der Waals surface area contributed by atoms with Gasteiger partial charge in [0.05, 0.1) is 0 Å². The van der Waals surface area contributed by atoms with Crippen LogP contribution in [0.5, 0.6) is 0 Å². The minimum atomic E-state index is -1.01. The lowest BCUT2D eigenvalue weighted by molar-refractivity contribution is 0.0627. The van der Waals surface area contributed by atoms with Crippen molar-refractivity contribution in [2.45, 2.75) is 6.54 Å². The first kappa shape index (κ1) is 17.3. The highest BCUT2D eigenvalue weighted by atomic mass is 19.2. The number of hydrogen-bond acceptors (Lipinski definition) is 3. The maximum Gasteiger partial charge on any atom is 0.254 e. The number of benzene rings is 1. The molecule has 0 unspecified atom stereocenters. The molecule has 0 N–H and O–H groups in total. The zero-order valence-electron chi connectivity index (χ0n) is 13.9. The van der Waals surface area contributed by atoms with Crippen molar-refractivity contribution >= 4 is 5.91 Å². The van der Waals surface area contributed by atoms with Crippen molar-refractivity contribution in [2.75, 3.05) is 26.2 Å². The molecular weight excluding hydrogens is 328 g/mol. The van der Waals surface area contributed by atoms with Crippen molar-refractivity contribution in [2.24, 2.45) is 7.05 Å². The molecular formula is C18H19F2N3O2. The Hall–Kier alpha value is -2.54. The number of carbonyl (C=O) groups is 1. The average molecular weight is 347 g/mol. The van der Waals surface area contributed by atoms with E-state index in [0.29, 0.717) is 32.7 Å². The third-order valence-corrected chi connectivity index (χ3v) is 4.38. The minimum Gasteiger partial charge on any atom is -0.336 e. The number of aromatic nitrogens is 1. The van der Waals surface area contributed by atoms with Gasteiger partial charge in [-0.25, -0.2) is 8.78 Å². The molecule has 0 bridgehead atoms. The molecule has 2 aromatic rings. The quantitative estimate of drug-likeness (QED) is 0.848. The molecule has 2 heterocycles. The van der Waals surface area contributed by atoms with Crippen LogP contribution >= 0.6 is 0 Å². The lowest BCUT2D eigenvalue weighted by Gasteiger charge is -2.34. The summed E-state index contributed by atoms with van der Waals surface area (Å²) in [6.07, 6.45) is 1.81. The van der Waals surface area contributed by atoms with Gasteiger partial charge in [-0.05, 0) is 23.8 Å². The fourth-order valence-corrected chi connectivity index (χ4v) is 2.92. The third-order valence-electron chi connectivity index (χ3n) is 4.38. The number of piperazine rings is 1. The fourth-order valence-electron chi connectivity index (χ4n) is 2.92. The SMILES string of the molecule is Cn1cc(CN2CCN(C(=O)c3ccc(F)c(F)c3)CC2)ccc1=O. The summed E-state index contributed by atoms with van der Waals surface area (Å²) >= 11 is 0. The monoisotopic (exact) mass is 347 g/mol. The Labute approximate surface area is 144 Å². The van der Waals surface area contributed by atoms with E-state index in [9.17, 15) is 18.4 Å². The van der Waals surface area contributed by atoms with Gasteiger partial charge in [0.1, 0.15) is 0 Å². The summed E-state index contributed by atoms with van der Waals surface area (Å²) in [5.41, 5.74) is 1.14. The van der Waals surface area contributed by atoms with Crippen LogP contribution in [0.1, 0.15) is 15.9 Å². The molecule has 132 valence electrons. The smallest absolute Gasteiger partial charge is 0.254 e. The van der Waals surface area contributed by atoms with Gasteiger partial charge in [-0.3, -0.25) is 14.5 Å². The molecule has 0 spiro atoms. The van der Waals surface area contributed by atoms with E-state index in [1.165, 1.54) is 16.7 Å². The second-order valence-corrected chi connectivity index (χ2v) is 6.18. The topological polar surface area (TPSA) is 45.5 Å². The van der Waals surface area contributed by atoms with Crippen LogP contribution in [0.25, 0.3) is 0 Å². The van der Waals surface area contributed by atoms with Crippen LogP contribution in [0.4, 0.5) is 8.78 Å². The number of halogens is 2. The van der Waals surface area contributed by atoms with E-state index >= 15 is 0 Å². The fraction of sp³-hybridized carbons (Fsp3) is 0.333. The highest BCUT2D eigenvalue weighted by molar-refractivity contribution is 5.94. The molecule has 5 nitrogen and oxygen atoms in total. The standard InChI is InChI=1S/C18H19F2N3O2/c1-21-11-13(2-5-17(21)24)12-22-6-8-23(9-7-22)18(25)14-3-4-15(19)16(20)10-14/h2-5,10-11H,6-9,12H2,1H3. The predicted molar refractivity (Wildman–Crippen MR) is 89.2 cm³/mol. The van der Waals surface area contributed by atoms with Gasteiger partial charge in [-0.15, -0.1) is 0 Å². The first-order valence-electron chi connectivity index (χ1n) is 8.06. The minimum absolute atomic E-state index is 0.0503. The summed E-state index contributed by atoms with van der Waals surface area (Å²) in [6, 6.07) is 6.56. The van der Waals surface area contributed by atoms with Crippen molar-refractivity contribution in [1.29, 1.82) is 0 Å². The van der Waals surface area contributed by atoms with Gasteiger partial charge in [0, 0.05) is 57.6 Å². The summed E-state index contributed by atoms with van der Waals surface area (Å²) < 4.78 is 27.8. The zero-order valence-corrected chi connectivity index (χ0v) is 13.9. The Morgan fingerprint density at radius 2 is 1.76 bits per heavy atom. The van der Waals surface area contributed by atoms with Crippen molar-refractivity contribution in [3.05, 3.63) is 69.6 Å². The number of carbonyl (C=O) groups excluding carboxylic acids is 1. The molecule has 1 aromatic carbocycles. The van der Waals surface area contributed by atoms with Gasteiger partial charge in [0.15, 0.2) is 11.6 Å². The van der Waals surface area contributed by atoms with E-state index < -0.39 is 11.6 Å². The van der Waals surface area contributed by atoms with E-state index in [1.807, 2.05) is 0 Å². The highest BCUT2D eigenvalue weighted by Crippen LogP contribution is 2.14. The number of hydrogen-bond donors (Lipinski definition) is 0. The van der Waals surface area contributed by atoms with Crippen LogP contribution in [-0.4, -0.2) is 46.5 Å². The molecule has 3 rings (SSSR count). The summed E-state index contributed by atoms with van der Waals surface area (Å²) in [4.78, 5) is 27.6. The van der Waals surface area contributed by atoms with Crippen LogP contribution in [0.3, 0.4) is 0 Å². The third kappa shape index (κ3) is 3.93. The molecule has 1 amide bonds. The molecule has 1 aliphatic heterocycles. The Kier molecular flexibility index (Phi) is 4.94. The van der Waals surface area contributed by atoms with E-state index in [2.05, 4.69) is 4.90 Å². The zero-order chi connectivity index (χ0) is 18.0. The van der Waals surface area contributed by atoms with Crippen LogP contribution in [0.15, 0.2) is 41.3 Å². The molecule has 1 aliphatic rings. The summed E-state index contributed by atoms with van der Waals surface area (Å²) in [7, 11) is 1.71. The number of pyridine rings is 1. The van der Waals surface area contributed by atoms with Crippen LogP contribution in [-0.2, 0) is 13.6 Å². The van der Waals surface area contributed by atoms with Crippen LogP contribution in [0.2, 0.25) is 0 Å². The maximum atomic E-state index is 13.3. The number of nitrogens with zero attached hydrogens (tertiary/aromatic N) is 3. The molecule has 0 aliphatic carbocycles. The average Bonchev–Trinajstić information content (AvgIpc) is 2.61. The molecule has 0 atom stereocenters. The number of aryl methyl sites for hydroxylation is 1. The molecule has 0 radical (unpaired) electrons. The molecule has 0 saturated carbocycles. The molecule has 1 aromatic heterocycles. The Morgan fingerprint density at radius 1 is 1.04 bits per heavy atom. The van der Waals surface area contributed by atoms with Gasteiger partial charge in [0.25, 0.3) is 5.91 Å². The molecule has 1 fully saturated rings. The molecule has 25 heavy (non-hydrogen) atoms. The summed E-state index contributed by atoms with van der Waals surface area (Å²) in [5.74, 6) is -2.27. The van der Waals surface area contributed by atoms with Gasteiger partial charge in [0.2, 0.25) is 5.56 Å². The molecule has 1 saturated heterocycles. The Balaban J connectivity index is 1.59. The van der Waals surface area contributed by atoms with Gasteiger partial charge in [-0.1, -0.05) is 6.07 Å². The lowest BCUT2D eigenvalue weighted by Crippen LogP contribution is -2.48. The van der Waals surface area contributed by atoms with Crippen molar-refractivity contribution in [1.82, 2.24) is 14.4 Å². The first-order chi connectivity index (χ1) is 11.9. The van der Waals surface area contributed by atoms with E-state index in [4.69, 9.17) is 0 Å². The van der Waals surface area contributed by atoms with Gasteiger partial charge >= 0.3 is 0 Å². The summed E-state index contributed by atoms with van der Waals surface area (Å²) in [5, 5.41) is 0. The van der Waals surface area contributed by atoms with Crippen LogP contribution in [0, 0.1) is 11.6 Å². The van der Waals surface area contributed by atoms with Crippen molar-refractivity contribution < 1.29 is 13.6 Å². The second-order valence-electron chi connectivity index (χ2n) is 6.18. The Bertz CT molecular complexity index is 842. The van der Waals surface area contributed by atoms with E-state index in [-0.39, 0.29) is 17.0 Å². The second kappa shape index (κ2) is 7.14. The van der Waals surface area contributed by atoms with Gasteiger partial charge < -0.3 is 9.47 Å². The lowest BCUT2D eigenvalue weighted by atomic mass is 10.1. The van der Waals surface area contributed by atoms with Crippen molar-refractivity contribution in [3.8, 4) is 0 Å². The van der Waals surface area contributed by atoms with Crippen LogP contribution < -0.4 is 5.56 Å². The van der Waals surface area contributed by atoms with Gasteiger partial charge in [-0.2, -0.15) is 0 Å². The largest absolute Gasteiger partial charge is 0.336 e. The normalized spacial score (nSPS) is 15.4. The summed E-state index contributed by atoms with van der Waals surface area (Å²) in [6.45, 7) is 3.09. The molecule has 7 heteroatoms. The highest BCUT2D eigenvalue weighted by Gasteiger charge is 2.23. The maximum absolute atomic E-state index is 13.3. The van der Waals surface area contributed by atoms with E-state index in [0.717, 1.165) is 17.7 Å².